The van der Waals surface area contributed by atoms with Crippen molar-refractivity contribution in [2.75, 3.05) is 6.61 Å². The zero-order chi connectivity index (χ0) is 22.6. The average molecular weight is 437 g/mol. The second-order valence-electron chi connectivity index (χ2n) is 10.1. The molecule has 3 aromatic heterocycles. The zero-order valence-electron chi connectivity index (χ0n) is 19.3. The smallest absolute Gasteiger partial charge is 0.137 e. The number of ether oxygens (including phenoxy) is 1. The molecule has 0 unspecified atom stereocenters. The lowest BCUT2D eigenvalue weighted by Crippen LogP contribution is -2.20. The van der Waals surface area contributed by atoms with Crippen LogP contribution in [0.2, 0.25) is 0 Å². The highest BCUT2D eigenvalue weighted by molar-refractivity contribution is 5.97. The third-order valence-electron chi connectivity index (χ3n) is 6.46. The van der Waals surface area contributed by atoms with Crippen molar-refractivity contribution >= 4 is 22.1 Å². The lowest BCUT2D eigenvalue weighted by molar-refractivity contribution is 0.300. The third-order valence-corrected chi connectivity index (χ3v) is 6.46. The summed E-state index contributed by atoms with van der Waals surface area (Å²) in [6.07, 6.45) is 8.50. The Balaban J connectivity index is 1.40. The highest BCUT2D eigenvalue weighted by atomic mass is 16.5. The molecule has 0 radical (unpaired) electrons. The fraction of sp³-hybridized carbons (Fsp3) is 0.286. The summed E-state index contributed by atoms with van der Waals surface area (Å²) in [6.45, 7) is 7.41. The number of H-pyrrole nitrogens is 1. The highest BCUT2D eigenvalue weighted by Crippen LogP contribution is 2.34. The van der Waals surface area contributed by atoms with Crippen molar-refractivity contribution in [2.45, 2.75) is 39.2 Å². The van der Waals surface area contributed by atoms with Gasteiger partial charge in [-0.2, -0.15) is 0 Å². The number of pyridine rings is 1. The first-order valence-electron chi connectivity index (χ1n) is 11.6. The number of hydrogen-bond donors (Lipinski definition) is 1. The van der Waals surface area contributed by atoms with E-state index in [2.05, 4.69) is 84.0 Å². The van der Waals surface area contributed by atoms with E-state index in [1.807, 2.05) is 18.6 Å². The van der Waals surface area contributed by atoms with Crippen LogP contribution in [0.1, 0.15) is 33.6 Å². The van der Waals surface area contributed by atoms with Gasteiger partial charge in [0.15, 0.2) is 0 Å². The average Bonchev–Trinajstić information content (AvgIpc) is 3.38. The van der Waals surface area contributed by atoms with Gasteiger partial charge in [-0.15, -0.1) is 0 Å². The minimum atomic E-state index is -0.0328. The summed E-state index contributed by atoms with van der Waals surface area (Å²) in [4.78, 5) is 12.7. The Morgan fingerprint density at radius 1 is 1.00 bits per heavy atom. The normalized spacial score (nSPS) is 14.3. The number of aromatic amines is 1. The molecule has 1 aliphatic rings. The van der Waals surface area contributed by atoms with Crippen LogP contribution in [0.4, 0.5) is 0 Å². The van der Waals surface area contributed by atoms with Gasteiger partial charge in [-0.1, -0.05) is 18.2 Å². The molecule has 0 bridgehead atoms. The summed E-state index contributed by atoms with van der Waals surface area (Å²) in [5.74, 6) is 1.66. The minimum absolute atomic E-state index is 0.0328. The Bertz CT molecular complexity index is 1470. The maximum Gasteiger partial charge on any atom is 0.137 e. The molecule has 5 nitrogen and oxygen atoms in total. The van der Waals surface area contributed by atoms with E-state index in [0.717, 1.165) is 62.6 Å². The van der Waals surface area contributed by atoms with E-state index >= 15 is 0 Å². The van der Waals surface area contributed by atoms with E-state index < -0.39 is 0 Å². The Hall–Kier alpha value is -3.60. The SMILES string of the molecule is CC(C)(C)n1cnc2ccc(-c3c[nH]c4ncc(-c5cccc(OCC6CC6)c5)cc34)cc21. The van der Waals surface area contributed by atoms with E-state index in [0.29, 0.717) is 0 Å². The Morgan fingerprint density at radius 3 is 2.70 bits per heavy atom. The molecule has 1 N–H and O–H groups in total. The number of hydrogen-bond acceptors (Lipinski definition) is 3. The predicted octanol–water partition coefficient (Wildman–Crippen LogP) is 6.79. The van der Waals surface area contributed by atoms with Gasteiger partial charge in [0, 0.05) is 34.4 Å². The minimum Gasteiger partial charge on any atom is -0.493 e. The molecule has 33 heavy (non-hydrogen) atoms. The molecule has 0 saturated heterocycles. The highest BCUT2D eigenvalue weighted by Gasteiger charge is 2.22. The predicted molar refractivity (Wildman–Crippen MR) is 133 cm³/mol. The van der Waals surface area contributed by atoms with E-state index in [4.69, 9.17) is 9.72 Å². The van der Waals surface area contributed by atoms with E-state index in [1.165, 1.54) is 12.8 Å². The Morgan fingerprint density at radius 2 is 1.88 bits per heavy atom. The van der Waals surface area contributed by atoms with Crippen molar-refractivity contribution < 1.29 is 4.74 Å². The third kappa shape index (κ3) is 3.78. The van der Waals surface area contributed by atoms with Gasteiger partial charge in [-0.3, -0.25) is 0 Å². The van der Waals surface area contributed by atoms with E-state index in [1.54, 1.807) is 0 Å². The second-order valence-corrected chi connectivity index (χ2v) is 10.1. The summed E-state index contributed by atoms with van der Waals surface area (Å²) in [5.41, 5.74) is 7.50. The van der Waals surface area contributed by atoms with E-state index in [9.17, 15) is 0 Å². The maximum atomic E-state index is 5.99. The Labute approximate surface area is 193 Å². The first kappa shape index (κ1) is 20.0. The van der Waals surface area contributed by atoms with Crippen LogP contribution in [-0.2, 0) is 5.54 Å². The lowest BCUT2D eigenvalue weighted by atomic mass is 10.0. The number of fused-ring (bicyclic) bond motifs is 2. The number of rotatable bonds is 5. The van der Waals surface area contributed by atoms with Crippen molar-refractivity contribution in [3.8, 4) is 28.0 Å². The second kappa shape index (κ2) is 7.48. The molecule has 0 atom stereocenters. The topological polar surface area (TPSA) is 55.7 Å². The van der Waals surface area contributed by atoms with Gasteiger partial charge >= 0.3 is 0 Å². The molecule has 0 amide bonds. The number of aromatic nitrogens is 4. The molecule has 6 rings (SSSR count). The number of imidazole rings is 1. The van der Waals surface area contributed by atoms with Crippen LogP contribution in [-0.4, -0.2) is 26.1 Å². The van der Waals surface area contributed by atoms with Gasteiger partial charge in [0.1, 0.15) is 11.4 Å². The van der Waals surface area contributed by atoms with Gasteiger partial charge in [0.05, 0.1) is 24.0 Å². The van der Waals surface area contributed by atoms with Crippen LogP contribution >= 0.6 is 0 Å². The van der Waals surface area contributed by atoms with Crippen molar-refractivity contribution in [3.05, 3.63) is 67.3 Å². The van der Waals surface area contributed by atoms with Gasteiger partial charge in [-0.05, 0) is 81.0 Å². The monoisotopic (exact) mass is 436 g/mol. The van der Waals surface area contributed by atoms with Gasteiger partial charge in [0.2, 0.25) is 0 Å². The molecular weight excluding hydrogens is 408 g/mol. The number of nitrogens with zero attached hydrogens (tertiary/aromatic N) is 3. The first-order valence-corrected chi connectivity index (χ1v) is 11.6. The molecule has 2 aromatic carbocycles. The van der Waals surface area contributed by atoms with Crippen molar-refractivity contribution in [1.82, 2.24) is 19.5 Å². The van der Waals surface area contributed by atoms with Crippen LogP contribution in [0.15, 0.2) is 67.3 Å². The molecule has 5 heteroatoms. The van der Waals surface area contributed by atoms with Crippen molar-refractivity contribution in [3.63, 3.8) is 0 Å². The molecular formula is C28H28N4O. The van der Waals surface area contributed by atoms with Crippen LogP contribution < -0.4 is 4.74 Å². The largest absolute Gasteiger partial charge is 0.493 e. The Kier molecular flexibility index (Phi) is 4.54. The number of nitrogens with one attached hydrogen (secondary N) is 1. The molecule has 0 spiro atoms. The van der Waals surface area contributed by atoms with Crippen LogP contribution in [0.5, 0.6) is 5.75 Å². The maximum absolute atomic E-state index is 5.99. The molecule has 1 saturated carbocycles. The molecule has 166 valence electrons. The van der Waals surface area contributed by atoms with Crippen LogP contribution in [0.25, 0.3) is 44.3 Å². The summed E-state index contributed by atoms with van der Waals surface area (Å²) < 4.78 is 8.23. The molecule has 5 aromatic rings. The summed E-state index contributed by atoms with van der Waals surface area (Å²) in [6, 6.07) is 17.0. The molecule has 1 fully saturated rings. The molecule has 1 aliphatic carbocycles. The van der Waals surface area contributed by atoms with Gasteiger partial charge in [-0.25, -0.2) is 9.97 Å². The fourth-order valence-electron chi connectivity index (χ4n) is 4.37. The summed E-state index contributed by atoms with van der Waals surface area (Å²) in [5, 5.41) is 1.11. The standard InChI is InChI=1S/C28H28N4O/c1-28(2,3)32-17-31-25-10-9-20(13-26(25)32)24-15-30-27-23(24)12-21(14-29-27)19-5-4-6-22(11-19)33-16-18-7-8-18/h4-6,9-15,17-18H,7-8,16H2,1-3H3,(H,29,30). The van der Waals surface area contributed by atoms with E-state index in [-0.39, 0.29) is 5.54 Å². The zero-order valence-corrected chi connectivity index (χ0v) is 19.3. The van der Waals surface area contributed by atoms with Crippen LogP contribution in [0, 0.1) is 5.92 Å². The lowest BCUT2D eigenvalue weighted by Gasteiger charge is -2.21. The first-order chi connectivity index (χ1) is 16.0. The summed E-state index contributed by atoms with van der Waals surface area (Å²) >= 11 is 0. The number of benzene rings is 2. The van der Waals surface area contributed by atoms with Crippen molar-refractivity contribution in [1.29, 1.82) is 0 Å². The van der Waals surface area contributed by atoms with Gasteiger partial charge in [0.25, 0.3) is 0 Å². The van der Waals surface area contributed by atoms with Crippen LogP contribution in [0.3, 0.4) is 0 Å². The molecule has 0 aliphatic heterocycles. The summed E-state index contributed by atoms with van der Waals surface area (Å²) in [7, 11) is 0. The van der Waals surface area contributed by atoms with Gasteiger partial charge < -0.3 is 14.3 Å². The fourth-order valence-corrected chi connectivity index (χ4v) is 4.37. The quantitative estimate of drug-likeness (QED) is 0.330. The van der Waals surface area contributed by atoms with Crippen molar-refractivity contribution in [2.24, 2.45) is 5.92 Å². The molecule has 3 heterocycles.